The second-order valence-corrected chi connectivity index (χ2v) is 4.19. The predicted molar refractivity (Wildman–Crippen MR) is 57.9 cm³/mol. The van der Waals surface area contributed by atoms with Crippen molar-refractivity contribution < 1.29 is 14.6 Å². The van der Waals surface area contributed by atoms with E-state index >= 15 is 0 Å². The summed E-state index contributed by atoms with van der Waals surface area (Å²) in [5.41, 5.74) is 0. The average Bonchev–Trinajstić information content (AvgIpc) is 2.39. The molecule has 1 aliphatic rings. The van der Waals surface area contributed by atoms with Crippen LogP contribution in [-0.2, 0) is 9.53 Å². The maximum Gasteiger partial charge on any atom is 0.304 e. The van der Waals surface area contributed by atoms with Crippen molar-refractivity contribution in [2.24, 2.45) is 0 Å². The Morgan fingerprint density at radius 2 is 2.40 bits per heavy atom. The standard InChI is InChI=1S/C11H21NO3/c1-3-10(7-11(13)14)12-5-4-6-15-9(2)8-12/h9-10H,3-8H2,1-2H3,(H,13,14). The van der Waals surface area contributed by atoms with Crippen LogP contribution in [0.2, 0.25) is 0 Å². The fraction of sp³-hybridized carbons (Fsp3) is 0.909. The van der Waals surface area contributed by atoms with Crippen LogP contribution in [0.4, 0.5) is 0 Å². The van der Waals surface area contributed by atoms with Crippen molar-refractivity contribution in [3.63, 3.8) is 0 Å². The zero-order valence-electron chi connectivity index (χ0n) is 9.61. The third kappa shape index (κ3) is 4.18. The number of ether oxygens (including phenoxy) is 1. The van der Waals surface area contributed by atoms with Gasteiger partial charge in [-0.2, -0.15) is 0 Å². The highest BCUT2D eigenvalue weighted by atomic mass is 16.5. The summed E-state index contributed by atoms with van der Waals surface area (Å²) in [7, 11) is 0. The summed E-state index contributed by atoms with van der Waals surface area (Å²) in [4.78, 5) is 13.0. The zero-order chi connectivity index (χ0) is 11.3. The minimum Gasteiger partial charge on any atom is -0.481 e. The van der Waals surface area contributed by atoms with Gasteiger partial charge in [0.15, 0.2) is 0 Å². The molecule has 15 heavy (non-hydrogen) atoms. The van der Waals surface area contributed by atoms with E-state index in [1.807, 2.05) is 13.8 Å². The van der Waals surface area contributed by atoms with Crippen LogP contribution in [0.25, 0.3) is 0 Å². The van der Waals surface area contributed by atoms with Crippen molar-refractivity contribution in [1.29, 1.82) is 0 Å². The molecular formula is C11H21NO3. The normalized spacial score (nSPS) is 25.9. The van der Waals surface area contributed by atoms with Gasteiger partial charge in [-0.05, 0) is 19.8 Å². The minimum absolute atomic E-state index is 0.159. The van der Waals surface area contributed by atoms with Gasteiger partial charge in [0.1, 0.15) is 0 Å². The molecule has 0 bridgehead atoms. The third-order valence-electron chi connectivity index (χ3n) is 2.88. The Hall–Kier alpha value is -0.610. The lowest BCUT2D eigenvalue weighted by Gasteiger charge is -2.29. The summed E-state index contributed by atoms with van der Waals surface area (Å²) in [6.45, 7) is 6.69. The Kier molecular flexibility index (Phi) is 5.05. The zero-order valence-corrected chi connectivity index (χ0v) is 9.61. The van der Waals surface area contributed by atoms with Crippen LogP contribution in [0.1, 0.15) is 33.1 Å². The van der Waals surface area contributed by atoms with E-state index < -0.39 is 5.97 Å². The van der Waals surface area contributed by atoms with Crippen LogP contribution in [-0.4, -0.2) is 47.8 Å². The van der Waals surface area contributed by atoms with Crippen LogP contribution in [0.15, 0.2) is 0 Å². The Balaban J connectivity index is 2.52. The lowest BCUT2D eigenvalue weighted by Crippen LogP contribution is -2.40. The Labute approximate surface area is 91.2 Å². The number of hydrogen-bond acceptors (Lipinski definition) is 3. The van der Waals surface area contributed by atoms with Crippen LogP contribution in [0, 0.1) is 0 Å². The van der Waals surface area contributed by atoms with E-state index in [1.54, 1.807) is 0 Å². The summed E-state index contributed by atoms with van der Waals surface area (Å²) in [5, 5.41) is 8.82. The van der Waals surface area contributed by atoms with Crippen LogP contribution >= 0.6 is 0 Å². The van der Waals surface area contributed by atoms with Gasteiger partial charge in [-0.15, -0.1) is 0 Å². The number of aliphatic carboxylic acids is 1. The fourth-order valence-corrected chi connectivity index (χ4v) is 2.09. The van der Waals surface area contributed by atoms with E-state index in [-0.39, 0.29) is 18.6 Å². The highest BCUT2D eigenvalue weighted by Crippen LogP contribution is 2.14. The number of nitrogens with zero attached hydrogens (tertiary/aromatic N) is 1. The van der Waals surface area contributed by atoms with E-state index in [1.165, 1.54) is 0 Å². The molecule has 0 aromatic carbocycles. The predicted octanol–water partition coefficient (Wildman–Crippen LogP) is 1.35. The van der Waals surface area contributed by atoms with Gasteiger partial charge in [-0.3, -0.25) is 9.69 Å². The molecule has 1 saturated heterocycles. The molecule has 88 valence electrons. The summed E-state index contributed by atoms with van der Waals surface area (Å²) < 4.78 is 5.54. The molecule has 1 aliphatic heterocycles. The van der Waals surface area contributed by atoms with Crippen LogP contribution in [0.3, 0.4) is 0 Å². The van der Waals surface area contributed by atoms with E-state index in [4.69, 9.17) is 9.84 Å². The molecule has 0 radical (unpaired) electrons. The fourth-order valence-electron chi connectivity index (χ4n) is 2.09. The number of carboxylic acid groups (broad SMARTS) is 1. The van der Waals surface area contributed by atoms with Gasteiger partial charge in [0, 0.05) is 25.7 Å². The van der Waals surface area contributed by atoms with Crippen molar-refractivity contribution in [3.05, 3.63) is 0 Å². The van der Waals surface area contributed by atoms with Gasteiger partial charge < -0.3 is 9.84 Å². The van der Waals surface area contributed by atoms with Gasteiger partial charge in [0.25, 0.3) is 0 Å². The summed E-state index contributed by atoms with van der Waals surface area (Å²) in [6, 6.07) is 0.159. The molecule has 2 atom stereocenters. The molecule has 1 rings (SSSR count). The SMILES string of the molecule is CCC(CC(=O)O)N1CCCOC(C)C1. The molecule has 0 aliphatic carbocycles. The van der Waals surface area contributed by atoms with Gasteiger partial charge >= 0.3 is 5.97 Å². The van der Waals surface area contributed by atoms with E-state index in [2.05, 4.69) is 4.90 Å². The molecule has 2 unspecified atom stereocenters. The molecule has 0 aromatic rings. The largest absolute Gasteiger partial charge is 0.481 e. The van der Waals surface area contributed by atoms with E-state index in [0.29, 0.717) is 0 Å². The number of rotatable bonds is 4. The molecule has 0 amide bonds. The lowest BCUT2D eigenvalue weighted by molar-refractivity contribution is -0.138. The average molecular weight is 215 g/mol. The number of carboxylic acids is 1. The Morgan fingerprint density at radius 1 is 1.67 bits per heavy atom. The van der Waals surface area contributed by atoms with E-state index in [0.717, 1.165) is 32.5 Å². The molecule has 1 fully saturated rings. The molecule has 0 spiro atoms. The second-order valence-electron chi connectivity index (χ2n) is 4.19. The minimum atomic E-state index is -0.709. The molecule has 0 saturated carbocycles. The topological polar surface area (TPSA) is 49.8 Å². The Morgan fingerprint density at radius 3 is 3.00 bits per heavy atom. The second kappa shape index (κ2) is 6.08. The first-order valence-corrected chi connectivity index (χ1v) is 5.71. The van der Waals surface area contributed by atoms with Gasteiger partial charge in [0.2, 0.25) is 0 Å². The van der Waals surface area contributed by atoms with Gasteiger partial charge in [0.05, 0.1) is 12.5 Å². The lowest BCUT2D eigenvalue weighted by atomic mass is 10.1. The maximum absolute atomic E-state index is 10.7. The van der Waals surface area contributed by atoms with Crippen molar-refractivity contribution in [1.82, 2.24) is 4.90 Å². The molecule has 1 N–H and O–H groups in total. The molecule has 4 heteroatoms. The first-order valence-electron chi connectivity index (χ1n) is 5.71. The highest BCUT2D eigenvalue weighted by Gasteiger charge is 2.23. The number of carbonyl (C=O) groups is 1. The monoisotopic (exact) mass is 215 g/mol. The van der Waals surface area contributed by atoms with Crippen molar-refractivity contribution in [3.8, 4) is 0 Å². The van der Waals surface area contributed by atoms with Crippen molar-refractivity contribution in [2.75, 3.05) is 19.7 Å². The van der Waals surface area contributed by atoms with Crippen molar-refractivity contribution >= 4 is 5.97 Å². The van der Waals surface area contributed by atoms with Gasteiger partial charge in [-0.25, -0.2) is 0 Å². The first kappa shape index (κ1) is 12.5. The number of hydrogen-bond donors (Lipinski definition) is 1. The van der Waals surface area contributed by atoms with Crippen LogP contribution < -0.4 is 0 Å². The van der Waals surface area contributed by atoms with Gasteiger partial charge in [-0.1, -0.05) is 6.92 Å². The highest BCUT2D eigenvalue weighted by molar-refractivity contribution is 5.67. The smallest absolute Gasteiger partial charge is 0.304 e. The molecular weight excluding hydrogens is 194 g/mol. The summed E-state index contributed by atoms with van der Waals surface area (Å²) >= 11 is 0. The van der Waals surface area contributed by atoms with Crippen LogP contribution in [0.5, 0.6) is 0 Å². The summed E-state index contributed by atoms with van der Waals surface area (Å²) in [5.74, 6) is -0.709. The summed E-state index contributed by atoms with van der Waals surface area (Å²) in [6.07, 6.45) is 2.35. The molecule has 4 nitrogen and oxygen atoms in total. The first-order chi connectivity index (χ1) is 7.13. The Bertz CT molecular complexity index is 208. The third-order valence-corrected chi connectivity index (χ3v) is 2.88. The quantitative estimate of drug-likeness (QED) is 0.769. The maximum atomic E-state index is 10.7. The van der Waals surface area contributed by atoms with E-state index in [9.17, 15) is 4.79 Å². The molecule has 1 heterocycles. The van der Waals surface area contributed by atoms with Crippen molar-refractivity contribution in [2.45, 2.75) is 45.3 Å². The molecule has 0 aromatic heterocycles.